The Labute approximate surface area is 249 Å². The largest absolute Gasteiger partial charge is 0.395 e. The molecule has 2 aliphatic heterocycles. The lowest BCUT2D eigenvalue weighted by molar-refractivity contribution is -0.0367. The van der Waals surface area contributed by atoms with E-state index in [4.69, 9.17) is 26.1 Å². The van der Waals surface area contributed by atoms with Crippen molar-refractivity contribution in [2.45, 2.75) is 63.8 Å². The number of aliphatic hydroxyl groups excluding tert-OH is 2. The fourth-order valence-corrected chi connectivity index (χ4v) is 5.11. The van der Waals surface area contributed by atoms with Gasteiger partial charge in [0.25, 0.3) is 0 Å². The van der Waals surface area contributed by atoms with E-state index in [2.05, 4.69) is 56.0 Å². The van der Waals surface area contributed by atoms with Crippen molar-refractivity contribution in [3.8, 4) is 24.2 Å². The van der Waals surface area contributed by atoms with E-state index < -0.39 is 0 Å². The number of aromatic nitrogens is 4. The highest BCUT2D eigenvalue weighted by atomic mass is 79.9. The standard InChI is InChI=1S/C16H18N2O2.C12H13BrN2O.C4H6O/c19-9-3-1-5-13-7-8-15-14(11-13)12-17-18(15)16-6-2-4-10-20-16;13-10-4-5-11-9(7-10)8-14-15(11)12-3-1-2-6-16-12;1-2-3-4-5/h7-8,11-12,16,19H,2-4,6,9-10H2;4-5,7-8,12H,1-3,6H2;1,5H,3-4H2. The molecule has 9 heteroatoms. The van der Waals surface area contributed by atoms with Gasteiger partial charge in [-0.25, -0.2) is 9.36 Å². The van der Waals surface area contributed by atoms with E-state index >= 15 is 0 Å². The summed E-state index contributed by atoms with van der Waals surface area (Å²) in [5.74, 6) is 8.25. The van der Waals surface area contributed by atoms with Crippen molar-refractivity contribution in [3.05, 3.63) is 58.8 Å². The third kappa shape index (κ3) is 8.65. The summed E-state index contributed by atoms with van der Waals surface area (Å²) in [6.45, 7) is 1.88. The first-order valence-corrected chi connectivity index (χ1v) is 14.9. The lowest BCUT2D eigenvalue weighted by Gasteiger charge is -2.23. The molecule has 0 bridgehead atoms. The molecule has 2 unspecified atom stereocenters. The summed E-state index contributed by atoms with van der Waals surface area (Å²) >= 11 is 3.47. The van der Waals surface area contributed by atoms with Crippen LogP contribution in [0.25, 0.3) is 21.8 Å². The van der Waals surface area contributed by atoms with Gasteiger partial charge in [0, 0.05) is 46.9 Å². The Bertz CT molecular complexity index is 1480. The predicted octanol–water partition coefficient (Wildman–Crippen LogP) is 5.97. The lowest BCUT2D eigenvalue weighted by Crippen LogP contribution is -2.18. The molecular weight excluding hydrogens is 584 g/mol. The Morgan fingerprint density at radius 3 is 1.93 bits per heavy atom. The molecule has 2 aromatic carbocycles. The first-order valence-electron chi connectivity index (χ1n) is 14.1. The van der Waals surface area contributed by atoms with Gasteiger partial charge in [-0.15, -0.1) is 12.3 Å². The minimum absolute atomic E-state index is 0.0626. The number of aliphatic hydroxyl groups is 2. The summed E-state index contributed by atoms with van der Waals surface area (Å²) < 4.78 is 16.6. The molecule has 2 fully saturated rings. The van der Waals surface area contributed by atoms with Gasteiger partial charge in [0.2, 0.25) is 0 Å². The van der Waals surface area contributed by atoms with E-state index in [9.17, 15) is 0 Å². The topological polar surface area (TPSA) is 94.6 Å². The van der Waals surface area contributed by atoms with Crippen molar-refractivity contribution in [1.29, 1.82) is 0 Å². The van der Waals surface area contributed by atoms with Crippen LogP contribution >= 0.6 is 15.9 Å². The van der Waals surface area contributed by atoms with Crippen molar-refractivity contribution in [3.63, 3.8) is 0 Å². The fourth-order valence-electron chi connectivity index (χ4n) is 4.73. The van der Waals surface area contributed by atoms with Crippen LogP contribution in [0.5, 0.6) is 0 Å². The fraction of sp³-hybridized carbons (Fsp3) is 0.438. The first-order chi connectivity index (χ1) is 20.1. The number of halogens is 1. The van der Waals surface area contributed by atoms with Gasteiger partial charge < -0.3 is 19.7 Å². The van der Waals surface area contributed by atoms with E-state index in [1.54, 1.807) is 0 Å². The summed E-state index contributed by atoms with van der Waals surface area (Å²) in [6.07, 6.45) is 16.5. The van der Waals surface area contributed by atoms with Gasteiger partial charge in [-0.1, -0.05) is 27.8 Å². The molecule has 6 rings (SSSR count). The zero-order valence-electron chi connectivity index (χ0n) is 23.2. The molecule has 41 heavy (non-hydrogen) atoms. The van der Waals surface area contributed by atoms with Crippen LogP contribution in [0, 0.1) is 24.2 Å². The van der Waals surface area contributed by atoms with Crippen LogP contribution in [0.2, 0.25) is 0 Å². The van der Waals surface area contributed by atoms with Crippen LogP contribution in [0.4, 0.5) is 0 Å². The Hall–Kier alpha value is -3.18. The molecule has 0 saturated carbocycles. The van der Waals surface area contributed by atoms with Gasteiger partial charge in [0.1, 0.15) is 0 Å². The third-order valence-corrected chi connectivity index (χ3v) is 7.23. The van der Waals surface area contributed by atoms with E-state index in [0.717, 1.165) is 64.3 Å². The molecule has 2 saturated heterocycles. The van der Waals surface area contributed by atoms with Gasteiger partial charge in [-0.2, -0.15) is 10.2 Å². The molecular formula is C32H37BrN4O4. The first kappa shape index (κ1) is 30.8. The lowest BCUT2D eigenvalue weighted by atomic mass is 10.1. The monoisotopic (exact) mass is 620 g/mol. The average Bonchev–Trinajstić information content (AvgIpc) is 3.63. The van der Waals surface area contributed by atoms with Crippen LogP contribution in [0.1, 0.15) is 69.4 Å². The SMILES string of the molecule is Brc1ccc2c(cnn2C2CCCCO2)c1.C#CCCO.OCCC#Cc1ccc2c(cnn2C2CCCCO2)c1. The number of terminal acetylenes is 1. The minimum atomic E-state index is 0.0626. The summed E-state index contributed by atoms with van der Waals surface area (Å²) in [4.78, 5) is 0. The zero-order valence-corrected chi connectivity index (χ0v) is 24.8. The molecule has 8 nitrogen and oxygen atoms in total. The van der Waals surface area contributed by atoms with Crippen LogP contribution in [-0.4, -0.2) is 56.2 Å². The van der Waals surface area contributed by atoms with E-state index in [1.807, 2.05) is 46.0 Å². The molecule has 0 aliphatic carbocycles. The van der Waals surface area contributed by atoms with Crippen molar-refractivity contribution >= 4 is 37.7 Å². The van der Waals surface area contributed by atoms with Crippen LogP contribution < -0.4 is 0 Å². The third-order valence-electron chi connectivity index (χ3n) is 6.74. The number of fused-ring (bicyclic) bond motifs is 2. The van der Waals surface area contributed by atoms with Crippen LogP contribution in [0.3, 0.4) is 0 Å². The Kier molecular flexibility index (Phi) is 12.2. The Morgan fingerprint density at radius 2 is 1.41 bits per heavy atom. The maximum absolute atomic E-state index is 8.73. The molecule has 0 radical (unpaired) electrons. The van der Waals surface area contributed by atoms with Crippen LogP contribution in [-0.2, 0) is 9.47 Å². The van der Waals surface area contributed by atoms with Crippen molar-refractivity contribution < 1.29 is 19.7 Å². The predicted molar refractivity (Wildman–Crippen MR) is 164 cm³/mol. The molecule has 0 amide bonds. The van der Waals surface area contributed by atoms with Gasteiger partial charge in [0.05, 0.1) is 36.6 Å². The Morgan fingerprint density at radius 1 is 0.829 bits per heavy atom. The van der Waals surface area contributed by atoms with Crippen LogP contribution in [0.15, 0.2) is 53.3 Å². The highest BCUT2D eigenvalue weighted by Gasteiger charge is 2.19. The minimum Gasteiger partial charge on any atom is -0.395 e. The maximum Gasteiger partial charge on any atom is 0.150 e. The van der Waals surface area contributed by atoms with E-state index in [-0.39, 0.29) is 25.7 Å². The van der Waals surface area contributed by atoms with E-state index in [0.29, 0.717) is 12.8 Å². The number of hydrogen-bond donors (Lipinski definition) is 2. The van der Waals surface area contributed by atoms with Crippen molar-refractivity contribution in [1.82, 2.24) is 19.6 Å². The van der Waals surface area contributed by atoms with Gasteiger partial charge in [-0.05, 0) is 74.9 Å². The normalized spacial score (nSPS) is 18.3. The highest BCUT2D eigenvalue weighted by Crippen LogP contribution is 2.28. The number of nitrogens with zero attached hydrogens (tertiary/aromatic N) is 4. The zero-order chi connectivity index (χ0) is 28.9. The van der Waals surface area contributed by atoms with Gasteiger partial charge >= 0.3 is 0 Å². The second kappa shape index (κ2) is 16.3. The summed E-state index contributed by atoms with van der Waals surface area (Å²) in [5.41, 5.74) is 3.19. The summed E-state index contributed by atoms with van der Waals surface area (Å²) in [5, 5.41) is 27.8. The van der Waals surface area contributed by atoms with Gasteiger partial charge in [-0.3, -0.25) is 0 Å². The second-order valence-electron chi connectivity index (χ2n) is 9.75. The molecule has 216 valence electrons. The van der Waals surface area contributed by atoms with E-state index in [1.165, 1.54) is 19.3 Å². The Balaban J connectivity index is 0.000000165. The van der Waals surface area contributed by atoms with Crippen molar-refractivity contribution in [2.24, 2.45) is 0 Å². The smallest absolute Gasteiger partial charge is 0.150 e. The molecule has 0 spiro atoms. The molecule has 2 aromatic heterocycles. The molecule has 4 heterocycles. The quantitative estimate of drug-likeness (QED) is 0.273. The number of benzene rings is 2. The second-order valence-corrected chi connectivity index (χ2v) is 10.7. The number of rotatable bonds is 4. The van der Waals surface area contributed by atoms with Crippen molar-refractivity contribution in [2.75, 3.05) is 26.4 Å². The molecule has 2 atom stereocenters. The van der Waals surface area contributed by atoms with Gasteiger partial charge in [0.15, 0.2) is 12.5 Å². The average molecular weight is 622 g/mol. The molecule has 4 aromatic rings. The number of ether oxygens (including phenoxy) is 2. The summed E-state index contributed by atoms with van der Waals surface area (Å²) in [7, 11) is 0. The highest BCUT2D eigenvalue weighted by molar-refractivity contribution is 9.10. The summed E-state index contributed by atoms with van der Waals surface area (Å²) in [6, 6.07) is 12.3. The maximum atomic E-state index is 8.73. The molecule has 2 aliphatic rings. The number of hydrogen-bond acceptors (Lipinski definition) is 6. The molecule has 2 N–H and O–H groups in total.